The molecule has 0 saturated carbocycles. The average molecular weight is 255 g/mol. The molecule has 0 unspecified atom stereocenters. The van der Waals surface area contributed by atoms with E-state index in [0.717, 1.165) is 13.1 Å². The first-order valence-electron chi connectivity index (χ1n) is 5.60. The Morgan fingerprint density at radius 1 is 1.59 bits per heavy atom. The smallest absolute Gasteiger partial charge is 0.257 e. The summed E-state index contributed by atoms with van der Waals surface area (Å²) in [6, 6.07) is 4.70. The number of carbonyl (C=O) groups is 1. The maximum atomic E-state index is 12.2. The van der Waals surface area contributed by atoms with Crippen LogP contribution < -0.4 is 5.32 Å². The van der Waals surface area contributed by atoms with Gasteiger partial charge in [-0.2, -0.15) is 0 Å². The summed E-state index contributed by atoms with van der Waals surface area (Å²) in [6.07, 6.45) is 0. The van der Waals surface area contributed by atoms with Gasteiger partial charge in [-0.15, -0.1) is 0 Å². The quantitative estimate of drug-likeness (QED) is 0.798. The van der Waals surface area contributed by atoms with Gasteiger partial charge in [0, 0.05) is 30.7 Å². The number of benzene rings is 1. The Bertz CT molecular complexity index is 437. The molecule has 0 spiro atoms. The molecule has 0 aliphatic carbocycles. The molecule has 1 atom stereocenters. The zero-order valence-corrected chi connectivity index (χ0v) is 10.4. The van der Waals surface area contributed by atoms with Crippen LogP contribution in [0.25, 0.3) is 0 Å². The van der Waals surface area contributed by atoms with Gasteiger partial charge in [0.2, 0.25) is 0 Å². The average Bonchev–Trinajstić information content (AvgIpc) is 2.29. The van der Waals surface area contributed by atoms with Gasteiger partial charge < -0.3 is 15.3 Å². The molecule has 2 N–H and O–H groups in total. The standard InChI is InChI=1S/C12H15ClN2O2/c1-8-7-14-4-5-15(8)12(17)10-3-2-9(13)6-11(10)16/h2-3,6,8,14,16H,4-5,7H2,1H3/t8-/m0/s1. The van der Waals surface area contributed by atoms with Crippen molar-refractivity contribution >= 4 is 17.5 Å². The summed E-state index contributed by atoms with van der Waals surface area (Å²) in [5, 5.41) is 13.4. The number of piperazine rings is 1. The number of amides is 1. The molecular formula is C12H15ClN2O2. The molecule has 1 amide bonds. The van der Waals surface area contributed by atoms with Crippen LogP contribution in [0.2, 0.25) is 5.02 Å². The SMILES string of the molecule is C[C@H]1CNCCN1C(=O)c1ccc(Cl)cc1O. The van der Waals surface area contributed by atoms with Crippen molar-refractivity contribution in [1.82, 2.24) is 10.2 Å². The van der Waals surface area contributed by atoms with Gasteiger partial charge in [0.1, 0.15) is 5.75 Å². The Balaban J connectivity index is 2.24. The summed E-state index contributed by atoms with van der Waals surface area (Å²) in [5.41, 5.74) is 0.308. The van der Waals surface area contributed by atoms with E-state index in [0.29, 0.717) is 17.1 Å². The van der Waals surface area contributed by atoms with Crippen molar-refractivity contribution in [3.63, 3.8) is 0 Å². The largest absolute Gasteiger partial charge is 0.507 e. The maximum absolute atomic E-state index is 12.2. The number of phenols is 1. The molecular weight excluding hydrogens is 240 g/mol. The highest BCUT2D eigenvalue weighted by atomic mass is 35.5. The Morgan fingerprint density at radius 3 is 3.00 bits per heavy atom. The molecule has 5 heteroatoms. The van der Waals surface area contributed by atoms with Crippen molar-refractivity contribution in [3.8, 4) is 5.75 Å². The number of carbonyl (C=O) groups excluding carboxylic acids is 1. The van der Waals surface area contributed by atoms with Crippen LogP contribution in [0, 0.1) is 0 Å². The van der Waals surface area contributed by atoms with Crippen molar-refractivity contribution in [2.45, 2.75) is 13.0 Å². The Kier molecular flexibility index (Phi) is 3.54. The number of hydrogen-bond acceptors (Lipinski definition) is 3. The highest BCUT2D eigenvalue weighted by Gasteiger charge is 2.25. The van der Waals surface area contributed by atoms with E-state index in [1.807, 2.05) is 6.92 Å². The Hall–Kier alpha value is -1.26. The molecule has 92 valence electrons. The van der Waals surface area contributed by atoms with Gasteiger partial charge in [0.05, 0.1) is 5.56 Å². The van der Waals surface area contributed by atoms with Crippen LogP contribution >= 0.6 is 11.6 Å². The van der Waals surface area contributed by atoms with Gasteiger partial charge in [0.15, 0.2) is 0 Å². The predicted molar refractivity (Wildman–Crippen MR) is 66.5 cm³/mol. The molecule has 1 aliphatic heterocycles. The number of nitrogens with zero attached hydrogens (tertiary/aromatic N) is 1. The third kappa shape index (κ3) is 2.53. The normalized spacial score (nSPS) is 20.4. The third-order valence-electron chi connectivity index (χ3n) is 2.95. The molecule has 0 radical (unpaired) electrons. The summed E-state index contributed by atoms with van der Waals surface area (Å²) in [7, 11) is 0. The minimum Gasteiger partial charge on any atom is -0.507 e. The number of hydrogen-bond donors (Lipinski definition) is 2. The summed E-state index contributed by atoms with van der Waals surface area (Å²) in [5.74, 6) is -0.207. The zero-order chi connectivity index (χ0) is 12.4. The highest BCUT2D eigenvalue weighted by Crippen LogP contribution is 2.24. The van der Waals surface area contributed by atoms with Crippen LogP contribution in [-0.2, 0) is 0 Å². The highest BCUT2D eigenvalue weighted by molar-refractivity contribution is 6.30. The summed E-state index contributed by atoms with van der Waals surface area (Å²) < 4.78 is 0. The minimum absolute atomic E-state index is 0.0618. The monoisotopic (exact) mass is 254 g/mol. The molecule has 1 heterocycles. The van der Waals surface area contributed by atoms with Crippen molar-refractivity contribution in [3.05, 3.63) is 28.8 Å². The van der Waals surface area contributed by atoms with Crippen molar-refractivity contribution < 1.29 is 9.90 Å². The van der Waals surface area contributed by atoms with Gasteiger partial charge in [0.25, 0.3) is 5.91 Å². The summed E-state index contributed by atoms with van der Waals surface area (Å²) in [4.78, 5) is 14.0. The van der Waals surface area contributed by atoms with Crippen LogP contribution in [0.1, 0.15) is 17.3 Å². The first-order chi connectivity index (χ1) is 8.09. The van der Waals surface area contributed by atoms with E-state index in [1.165, 1.54) is 6.07 Å². The lowest BCUT2D eigenvalue weighted by Gasteiger charge is -2.34. The van der Waals surface area contributed by atoms with Gasteiger partial charge in [-0.25, -0.2) is 0 Å². The summed E-state index contributed by atoms with van der Waals surface area (Å²) >= 11 is 5.74. The van der Waals surface area contributed by atoms with Crippen molar-refractivity contribution in [1.29, 1.82) is 0 Å². The molecule has 1 fully saturated rings. The van der Waals surface area contributed by atoms with Gasteiger partial charge in [-0.1, -0.05) is 11.6 Å². The number of nitrogens with one attached hydrogen (secondary N) is 1. The molecule has 0 bridgehead atoms. The fourth-order valence-corrected chi connectivity index (χ4v) is 2.15. The van der Waals surface area contributed by atoms with Gasteiger partial charge in [-0.05, 0) is 25.1 Å². The van der Waals surface area contributed by atoms with E-state index >= 15 is 0 Å². The fraction of sp³-hybridized carbons (Fsp3) is 0.417. The Labute approximate surface area is 105 Å². The van der Waals surface area contributed by atoms with E-state index in [1.54, 1.807) is 17.0 Å². The minimum atomic E-state index is -0.145. The lowest BCUT2D eigenvalue weighted by Crippen LogP contribution is -2.52. The van der Waals surface area contributed by atoms with E-state index in [4.69, 9.17) is 11.6 Å². The Morgan fingerprint density at radius 2 is 2.35 bits per heavy atom. The number of aromatic hydroxyl groups is 1. The summed E-state index contributed by atoms with van der Waals surface area (Å²) in [6.45, 7) is 4.20. The van der Waals surface area contributed by atoms with Crippen molar-refractivity contribution in [2.75, 3.05) is 19.6 Å². The maximum Gasteiger partial charge on any atom is 0.257 e. The first kappa shape index (κ1) is 12.2. The topological polar surface area (TPSA) is 52.6 Å². The lowest BCUT2D eigenvalue weighted by molar-refractivity contribution is 0.0653. The lowest BCUT2D eigenvalue weighted by atomic mass is 10.1. The van der Waals surface area contributed by atoms with Crippen LogP contribution in [0.5, 0.6) is 5.75 Å². The van der Waals surface area contributed by atoms with E-state index in [-0.39, 0.29) is 17.7 Å². The first-order valence-corrected chi connectivity index (χ1v) is 5.97. The second-order valence-corrected chi connectivity index (χ2v) is 4.65. The molecule has 0 aromatic heterocycles. The predicted octanol–water partition coefficient (Wildman–Crippen LogP) is 1.48. The number of halogens is 1. The molecule has 1 aromatic rings. The van der Waals surface area contributed by atoms with Crippen molar-refractivity contribution in [2.24, 2.45) is 0 Å². The van der Waals surface area contributed by atoms with E-state index in [2.05, 4.69) is 5.32 Å². The van der Waals surface area contributed by atoms with Crippen LogP contribution in [0.4, 0.5) is 0 Å². The van der Waals surface area contributed by atoms with Crippen LogP contribution in [-0.4, -0.2) is 41.6 Å². The fourth-order valence-electron chi connectivity index (χ4n) is 1.98. The van der Waals surface area contributed by atoms with Gasteiger partial charge >= 0.3 is 0 Å². The zero-order valence-electron chi connectivity index (χ0n) is 9.61. The van der Waals surface area contributed by atoms with Gasteiger partial charge in [-0.3, -0.25) is 4.79 Å². The molecule has 4 nitrogen and oxygen atoms in total. The van der Waals surface area contributed by atoms with Crippen LogP contribution in [0.3, 0.4) is 0 Å². The van der Waals surface area contributed by atoms with E-state index < -0.39 is 0 Å². The second-order valence-electron chi connectivity index (χ2n) is 4.21. The molecule has 1 aromatic carbocycles. The molecule has 2 rings (SSSR count). The van der Waals surface area contributed by atoms with Crippen LogP contribution in [0.15, 0.2) is 18.2 Å². The third-order valence-corrected chi connectivity index (χ3v) is 3.19. The number of rotatable bonds is 1. The van der Waals surface area contributed by atoms with E-state index in [9.17, 15) is 9.90 Å². The number of phenolic OH excluding ortho intramolecular Hbond substituents is 1. The second kappa shape index (κ2) is 4.94. The molecule has 1 saturated heterocycles. The molecule has 1 aliphatic rings. The molecule has 17 heavy (non-hydrogen) atoms.